The summed E-state index contributed by atoms with van der Waals surface area (Å²) < 4.78 is 0. The first kappa shape index (κ1) is 20.1. The molecule has 2 aliphatic rings. The number of hydrogen-bond acceptors (Lipinski definition) is 2. The van der Waals surface area contributed by atoms with Crippen molar-refractivity contribution in [3.63, 3.8) is 0 Å². The van der Waals surface area contributed by atoms with Crippen molar-refractivity contribution in [2.45, 2.75) is 53.1 Å². The highest BCUT2D eigenvalue weighted by Crippen LogP contribution is 2.44. The van der Waals surface area contributed by atoms with Gasteiger partial charge in [-0.05, 0) is 25.3 Å². The average molecular weight is 293 g/mol. The Bertz CT molecular complexity index is 327. The Labute approximate surface area is 132 Å². The van der Waals surface area contributed by atoms with Crippen LogP contribution in [0.4, 0.5) is 0 Å². The van der Waals surface area contributed by atoms with Crippen molar-refractivity contribution in [2.75, 3.05) is 19.6 Å². The van der Waals surface area contributed by atoms with Crippen LogP contribution in [-0.4, -0.2) is 35.2 Å². The smallest absolute Gasteiger partial charge is 0.0700 e. The molecule has 0 amide bonds. The zero-order chi connectivity index (χ0) is 16.5. The Morgan fingerprint density at radius 3 is 2.00 bits per heavy atom. The summed E-state index contributed by atoms with van der Waals surface area (Å²) >= 11 is 0. The van der Waals surface area contributed by atoms with Crippen molar-refractivity contribution in [1.29, 1.82) is 0 Å². The van der Waals surface area contributed by atoms with E-state index in [1.165, 1.54) is 18.4 Å². The van der Waals surface area contributed by atoms with Gasteiger partial charge in [0, 0.05) is 31.5 Å². The fourth-order valence-corrected chi connectivity index (χ4v) is 3.29. The summed E-state index contributed by atoms with van der Waals surface area (Å²) in [6.07, 6.45) is 8.06. The first-order chi connectivity index (χ1) is 10.1. The van der Waals surface area contributed by atoms with Crippen molar-refractivity contribution in [2.24, 2.45) is 11.8 Å². The number of nitrogens with zero attached hydrogens (tertiary/aromatic N) is 1. The second-order valence-electron chi connectivity index (χ2n) is 5.57. The number of likely N-dealkylation sites (tertiary alicyclic amines) is 1. The monoisotopic (exact) mass is 293 g/mol. The molecule has 2 unspecified atom stereocenters. The van der Waals surface area contributed by atoms with E-state index >= 15 is 0 Å². The van der Waals surface area contributed by atoms with Crippen LogP contribution in [-0.2, 0) is 0 Å². The molecule has 0 aromatic heterocycles. The lowest BCUT2D eigenvalue weighted by atomic mass is 9.82. The van der Waals surface area contributed by atoms with E-state index in [1.54, 1.807) is 0 Å². The molecule has 0 spiro atoms. The van der Waals surface area contributed by atoms with E-state index in [0.29, 0.717) is 11.8 Å². The zero-order valence-corrected chi connectivity index (χ0v) is 14.7. The Morgan fingerprint density at radius 1 is 1.14 bits per heavy atom. The van der Waals surface area contributed by atoms with Gasteiger partial charge in [-0.25, -0.2) is 0 Å². The van der Waals surface area contributed by atoms with Crippen molar-refractivity contribution < 1.29 is 5.11 Å². The molecule has 2 nitrogen and oxygen atoms in total. The predicted octanol–water partition coefficient (Wildman–Crippen LogP) is 4.43. The maximum absolute atomic E-state index is 10.4. The highest BCUT2D eigenvalue weighted by Gasteiger charge is 2.49. The van der Waals surface area contributed by atoms with Crippen molar-refractivity contribution in [3.05, 3.63) is 37.0 Å². The number of fused-ring (bicyclic) bond motifs is 2. The van der Waals surface area contributed by atoms with E-state index in [9.17, 15) is 5.11 Å². The minimum absolute atomic E-state index is 0.438. The van der Waals surface area contributed by atoms with Gasteiger partial charge in [-0.2, -0.15) is 0 Å². The van der Waals surface area contributed by atoms with E-state index in [1.807, 2.05) is 52.8 Å². The molecule has 0 aromatic rings. The molecular formula is C19H35NO. The van der Waals surface area contributed by atoms with Crippen molar-refractivity contribution in [3.8, 4) is 0 Å². The van der Waals surface area contributed by atoms with Gasteiger partial charge < -0.3 is 5.11 Å². The van der Waals surface area contributed by atoms with E-state index in [0.717, 1.165) is 19.6 Å². The summed E-state index contributed by atoms with van der Waals surface area (Å²) in [5, 5.41) is 10.4. The largest absolute Gasteiger partial charge is 0.390 e. The Hall–Kier alpha value is -0.860. The Morgan fingerprint density at radius 2 is 1.62 bits per heavy atom. The van der Waals surface area contributed by atoms with Crippen LogP contribution in [0.1, 0.15) is 47.5 Å². The summed E-state index contributed by atoms with van der Waals surface area (Å²) in [4.78, 5) is 2.44. The molecule has 2 atom stereocenters. The van der Waals surface area contributed by atoms with Gasteiger partial charge >= 0.3 is 0 Å². The molecule has 1 N–H and O–H groups in total. The molecule has 2 fully saturated rings. The van der Waals surface area contributed by atoms with Crippen LogP contribution in [0, 0.1) is 11.8 Å². The van der Waals surface area contributed by atoms with E-state index in [-0.39, 0.29) is 0 Å². The number of rotatable bonds is 4. The third kappa shape index (κ3) is 5.12. The minimum atomic E-state index is -0.438. The molecule has 2 bridgehead atoms. The SMILES string of the molecule is C=C/C=C(\C=C)CN1CC2CCC(C1)C2(C)O.CC.CC. The van der Waals surface area contributed by atoms with Gasteiger partial charge in [0.05, 0.1) is 5.60 Å². The maximum atomic E-state index is 10.4. The third-order valence-electron chi connectivity index (χ3n) is 4.47. The molecule has 122 valence electrons. The number of aliphatic hydroxyl groups is 1. The summed E-state index contributed by atoms with van der Waals surface area (Å²) in [7, 11) is 0. The minimum Gasteiger partial charge on any atom is -0.390 e. The van der Waals surface area contributed by atoms with Crippen LogP contribution >= 0.6 is 0 Å². The molecule has 2 heteroatoms. The molecule has 1 saturated heterocycles. The Kier molecular flexibility index (Phi) is 9.56. The first-order valence-electron chi connectivity index (χ1n) is 8.46. The molecule has 0 aromatic carbocycles. The number of hydrogen-bond donors (Lipinski definition) is 1. The van der Waals surface area contributed by atoms with Crippen LogP contribution in [0.15, 0.2) is 37.0 Å². The van der Waals surface area contributed by atoms with Gasteiger partial charge in [0.1, 0.15) is 0 Å². The van der Waals surface area contributed by atoms with Crippen molar-refractivity contribution >= 4 is 0 Å². The lowest BCUT2D eigenvalue weighted by Gasteiger charge is -2.42. The van der Waals surface area contributed by atoms with Gasteiger partial charge in [0.2, 0.25) is 0 Å². The zero-order valence-electron chi connectivity index (χ0n) is 14.7. The molecule has 1 aliphatic carbocycles. The van der Waals surface area contributed by atoms with Crippen LogP contribution in [0.5, 0.6) is 0 Å². The lowest BCUT2D eigenvalue weighted by molar-refractivity contribution is -0.0668. The van der Waals surface area contributed by atoms with Crippen LogP contribution in [0.25, 0.3) is 0 Å². The van der Waals surface area contributed by atoms with E-state index < -0.39 is 5.60 Å². The van der Waals surface area contributed by atoms with Gasteiger partial charge in [-0.15, -0.1) is 0 Å². The van der Waals surface area contributed by atoms with E-state index in [2.05, 4.69) is 18.1 Å². The molecule has 21 heavy (non-hydrogen) atoms. The van der Waals surface area contributed by atoms with Gasteiger partial charge in [-0.1, -0.05) is 59.1 Å². The predicted molar refractivity (Wildman–Crippen MR) is 94.5 cm³/mol. The first-order valence-corrected chi connectivity index (χ1v) is 8.46. The number of allylic oxidation sites excluding steroid dienone is 2. The normalized spacial score (nSPS) is 31.4. The van der Waals surface area contributed by atoms with Crippen molar-refractivity contribution in [1.82, 2.24) is 4.90 Å². The quantitative estimate of drug-likeness (QED) is 0.775. The van der Waals surface area contributed by atoms with Crippen LogP contribution in [0.2, 0.25) is 0 Å². The topological polar surface area (TPSA) is 23.5 Å². The Balaban J connectivity index is 0.000000921. The molecule has 1 heterocycles. The second-order valence-corrected chi connectivity index (χ2v) is 5.57. The maximum Gasteiger partial charge on any atom is 0.0700 e. The van der Waals surface area contributed by atoms with Crippen LogP contribution in [0.3, 0.4) is 0 Å². The second kappa shape index (κ2) is 9.97. The van der Waals surface area contributed by atoms with Gasteiger partial charge in [-0.3, -0.25) is 4.90 Å². The highest BCUT2D eigenvalue weighted by atomic mass is 16.3. The molecule has 2 rings (SSSR count). The fraction of sp³-hybridized carbons (Fsp3) is 0.684. The third-order valence-corrected chi connectivity index (χ3v) is 4.47. The molecule has 0 radical (unpaired) electrons. The summed E-state index contributed by atoms with van der Waals surface area (Å²) in [6.45, 7) is 20.5. The average Bonchev–Trinajstić information content (AvgIpc) is 2.70. The summed E-state index contributed by atoms with van der Waals surface area (Å²) in [6, 6.07) is 0. The fourth-order valence-electron chi connectivity index (χ4n) is 3.29. The van der Waals surface area contributed by atoms with Gasteiger partial charge in [0.15, 0.2) is 0 Å². The highest BCUT2D eigenvalue weighted by molar-refractivity contribution is 5.23. The molecular weight excluding hydrogens is 258 g/mol. The molecule has 1 saturated carbocycles. The molecule has 1 aliphatic heterocycles. The van der Waals surface area contributed by atoms with Gasteiger partial charge in [0.25, 0.3) is 0 Å². The van der Waals surface area contributed by atoms with Crippen LogP contribution < -0.4 is 0 Å². The van der Waals surface area contributed by atoms with E-state index in [4.69, 9.17) is 0 Å². The summed E-state index contributed by atoms with van der Waals surface area (Å²) in [5.41, 5.74) is 0.772. The number of piperidine rings is 1. The standard InChI is InChI=1S/C15H23NO.2C2H6/c1-4-6-12(5-2)9-16-10-13-7-8-14(11-16)15(13,3)17;2*1-2/h4-6,13-14,17H,1-2,7-11H2,3H3;2*1-2H3/b12-6+;;. The summed E-state index contributed by atoms with van der Waals surface area (Å²) in [5.74, 6) is 0.882. The lowest BCUT2D eigenvalue weighted by Crippen LogP contribution is -2.52.